The second-order valence-corrected chi connectivity index (χ2v) is 12.9. The molecule has 226 valence electrons. The summed E-state index contributed by atoms with van der Waals surface area (Å²) in [4.78, 5) is 30.0. The summed E-state index contributed by atoms with van der Waals surface area (Å²) in [5.41, 5.74) is 5.27. The first-order chi connectivity index (χ1) is 19.7. The maximum Gasteiger partial charge on any atom is 0.328 e. The molecule has 1 amide bonds. The van der Waals surface area contributed by atoms with E-state index < -0.39 is 22.0 Å². The largest absolute Gasteiger partial charge is 0.464 e. The van der Waals surface area contributed by atoms with E-state index in [0.717, 1.165) is 22.3 Å². The number of amides is 1. The molecule has 10 heteroatoms. The van der Waals surface area contributed by atoms with Gasteiger partial charge >= 0.3 is 5.97 Å². The minimum atomic E-state index is -3.86. The van der Waals surface area contributed by atoms with Crippen LogP contribution < -0.4 is 4.72 Å². The number of benzene rings is 3. The van der Waals surface area contributed by atoms with Crippen LogP contribution in [0.15, 0.2) is 53.4 Å². The van der Waals surface area contributed by atoms with Gasteiger partial charge < -0.3 is 14.5 Å². The number of halogens is 1. The minimum absolute atomic E-state index is 0.167. The third kappa shape index (κ3) is 7.70. The number of ether oxygens (including phenoxy) is 1. The van der Waals surface area contributed by atoms with Gasteiger partial charge in [0, 0.05) is 29.9 Å². The summed E-state index contributed by atoms with van der Waals surface area (Å²) in [6.45, 7) is 9.78. The summed E-state index contributed by atoms with van der Waals surface area (Å²) in [6.07, 6.45) is 0.446. The lowest BCUT2D eigenvalue weighted by molar-refractivity contribution is -0.148. The maximum absolute atomic E-state index is 13.7. The van der Waals surface area contributed by atoms with E-state index in [9.17, 15) is 18.0 Å². The van der Waals surface area contributed by atoms with Gasteiger partial charge in [-0.2, -0.15) is 0 Å². The molecule has 0 radical (unpaired) electrons. The van der Waals surface area contributed by atoms with Crippen LogP contribution in [-0.2, 0) is 19.6 Å². The van der Waals surface area contributed by atoms with Gasteiger partial charge in [-0.15, -0.1) is 0 Å². The number of hydrogen-bond acceptors (Lipinski definition) is 6. The highest BCUT2D eigenvalue weighted by Crippen LogP contribution is 2.30. The van der Waals surface area contributed by atoms with Gasteiger partial charge in [0.25, 0.3) is 15.9 Å². The van der Waals surface area contributed by atoms with E-state index in [1.807, 2.05) is 51.0 Å². The monoisotopic (exact) mass is 613 g/mol. The quantitative estimate of drug-likeness (QED) is 0.267. The van der Waals surface area contributed by atoms with Crippen LogP contribution in [0.2, 0.25) is 5.02 Å². The second kappa shape index (κ2) is 13.7. The van der Waals surface area contributed by atoms with E-state index >= 15 is 0 Å². The predicted octanol–water partition coefficient (Wildman–Crippen LogP) is 6.00. The highest BCUT2D eigenvalue weighted by Gasteiger charge is 2.30. The van der Waals surface area contributed by atoms with Crippen molar-refractivity contribution in [2.75, 3.05) is 39.0 Å². The molecule has 42 heavy (non-hydrogen) atoms. The Labute approximate surface area is 254 Å². The lowest BCUT2D eigenvalue weighted by atomic mass is 9.94. The Kier molecular flexibility index (Phi) is 10.8. The van der Waals surface area contributed by atoms with Crippen molar-refractivity contribution in [2.24, 2.45) is 0 Å². The van der Waals surface area contributed by atoms with Crippen LogP contribution in [0.5, 0.6) is 0 Å². The number of nitrogens with one attached hydrogen (secondary N) is 1. The summed E-state index contributed by atoms with van der Waals surface area (Å²) >= 11 is 6.16. The number of sulfonamides is 1. The van der Waals surface area contributed by atoms with E-state index in [2.05, 4.69) is 4.72 Å². The molecule has 0 aliphatic carbocycles. The third-order valence-corrected chi connectivity index (χ3v) is 9.07. The van der Waals surface area contributed by atoms with Crippen LogP contribution in [0.1, 0.15) is 46.0 Å². The Hall–Kier alpha value is -3.40. The number of hydrogen-bond donors (Lipinski definition) is 1. The highest BCUT2D eigenvalue weighted by atomic mass is 35.5. The lowest BCUT2D eigenvalue weighted by Crippen LogP contribution is -2.45. The normalized spacial score (nSPS) is 12.2. The van der Waals surface area contributed by atoms with Gasteiger partial charge in [0.2, 0.25) is 0 Å². The number of likely N-dealkylation sites (N-methyl/N-ethyl adjacent to an activating group) is 1. The molecule has 0 heterocycles. The first-order valence-electron chi connectivity index (χ1n) is 13.8. The van der Waals surface area contributed by atoms with E-state index in [4.69, 9.17) is 16.3 Å². The molecule has 0 bridgehead atoms. The van der Waals surface area contributed by atoms with E-state index in [1.54, 1.807) is 58.2 Å². The highest BCUT2D eigenvalue weighted by molar-refractivity contribution is 7.92. The number of aryl methyl sites for hydroxylation is 4. The molecule has 0 spiro atoms. The fourth-order valence-electron chi connectivity index (χ4n) is 4.89. The molecule has 0 aliphatic rings. The van der Waals surface area contributed by atoms with Crippen molar-refractivity contribution in [3.8, 4) is 11.1 Å². The molecule has 0 saturated heterocycles. The Balaban J connectivity index is 1.91. The number of carbonyl (C=O) groups excluding carboxylic acids is 2. The zero-order valence-corrected chi connectivity index (χ0v) is 27.1. The fraction of sp³-hybridized carbons (Fsp3) is 0.375. The number of anilines is 1. The van der Waals surface area contributed by atoms with Crippen molar-refractivity contribution in [3.63, 3.8) is 0 Å². The molecule has 0 aromatic heterocycles. The minimum Gasteiger partial charge on any atom is -0.464 e. The summed E-state index contributed by atoms with van der Waals surface area (Å²) < 4.78 is 34.4. The SMILES string of the molecule is CCOC(=O)[C@H](CCN(C)C)N(C)C(=O)c1c(C)cc(-c2cccc(NS(=O)(=O)c3cc(C)c(Cl)cc3C)c2)cc1C. The molecular weight excluding hydrogens is 574 g/mol. The molecule has 8 nitrogen and oxygen atoms in total. The fourth-order valence-corrected chi connectivity index (χ4v) is 6.47. The first kappa shape index (κ1) is 33.1. The van der Waals surface area contributed by atoms with Crippen molar-refractivity contribution in [2.45, 2.75) is 52.0 Å². The maximum atomic E-state index is 13.7. The average Bonchev–Trinajstić information content (AvgIpc) is 2.90. The number of carbonyl (C=O) groups is 2. The average molecular weight is 614 g/mol. The molecule has 3 aromatic carbocycles. The van der Waals surface area contributed by atoms with Crippen molar-refractivity contribution >= 4 is 39.2 Å². The van der Waals surface area contributed by atoms with Gasteiger partial charge in [-0.25, -0.2) is 13.2 Å². The lowest BCUT2D eigenvalue weighted by Gasteiger charge is -2.28. The van der Waals surface area contributed by atoms with Crippen LogP contribution in [0, 0.1) is 27.7 Å². The van der Waals surface area contributed by atoms with Crippen molar-refractivity contribution < 1.29 is 22.7 Å². The van der Waals surface area contributed by atoms with Crippen LogP contribution in [0.4, 0.5) is 5.69 Å². The summed E-state index contributed by atoms with van der Waals surface area (Å²) in [7, 11) is 1.60. The molecule has 3 aromatic rings. The molecule has 0 unspecified atom stereocenters. The molecule has 0 aliphatic heterocycles. The van der Waals surface area contributed by atoms with Gasteiger partial charge in [-0.3, -0.25) is 9.52 Å². The van der Waals surface area contributed by atoms with Crippen molar-refractivity contribution in [1.29, 1.82) is 0 Å². The van der Waals surface area contributed by atoms with Gasteiger partial charge in [0.1, 0.15) is 6.04 Å². The van der Waals surface area contributed by atoms with Crippen LogP contribution in [0.3, 0.4) is 0 Å². The zero-order valence-electron chi connectivity index (χ0n) is 25.5. The van der Waals surface area contributed by atoms with Gasteiger partial charge in [0.05, 0.1) is 11.5 Å². The van der Waals surface area contributed by atoms with E-state index in [0.29, 0.717) is 40.4 Å². The summed E-state index contributed by atoms with van der Waals surface area (Å²) in [5, 5.41) is 0.511. The molecule has 0 saturated carbocycles. The first-order valence-corrected chi connectivity index (χ1v) is 15.6. The Morgan fingerprint density at radius 1 is 0.905 bits per heavy atom. The van der Waals surface area contributed by atoms with Crippen molar-refractivity contribution in [3.05, 3.63) is 81.4 Å². The van der Waals surface area contributed by atoms with Crippen LogP contribution in [0.25, 0.3) is 11.1 Å². The Morgan fingerprint density at radius 2 is 1.55 bits per heavy atom. The summed E-state index contributed by atoms with van der Waals surface area (Å²) in [6, 6.07) is 13.4. The number of nitrogens with zero attached hydrogens (tertiary/aromatic N) is 2. The van der Waals surface area contributed by atoms with Crippen molar-refractivity contribution in [1.82, 2.24) is 9.80 Å². The van der Waals surface area contributed by atoms with Crippen LogP contribution >= 0.6 is 11.6 Å². The van der Waals surface area contributed by atoms with Crippen LogP contribution in [-0.4, -0.2) is 70.4 Å². The number of rotatable bonds is 11. The predicted molar refractivity (Wildman–Crippen MR) is 169 cm³/mol. The molecule has 0 fully saturated rings. The van der Waals surface area contributed by atoms with Gasteiger partial charge in [-0.1, -0.05) is 35.9 Å². The molecule has 1 atom stereocenters. The van der Waals surface area contributed by atoms with E-state index in [1.165, 1.54) is 4.90 Å². The zero-order chi connectivity index (χ0) is 31.4. The smallest absolute Gasteiger partial charge is 0.328 e. The third-order valence-electron chi connectivity index (χ3n) is 7.14. The van der Waals surface area contributed by atoms with Gasteiger partial charge in [-0.05, 0) is 113 Å². The molecule has 1 N–H and O–H groups in total. The Bertz CT molecular complexity index is 1560. The summed E-state index contributed by atoms with van der Waals surface area (Å²) in [5.74, 6) is -0.686. The number of esters is 1. The Morgan fingerprint density at radius 3 is 2.14 bits per heavy atom. The standard InChI is InChI=1S/C32H40ClN3O5S/c1-9-41-32(38)28(13-14-35(6)7)36(8)31(37)30-22(4)15-25(16-23(30)5)24-11-10-12-26(19-24)34-42(39,40)29-18-20(2)27(33)17-21(29)3/h10-12,15-19,28,34H,9,13-14H2,1-8H3/t28-/m0/s1. The molecule has 3 rings (SSSR count). The second-order valence-electron chi connectivity index (χ2n) is 10.8. The van der Waals surface area contributed by atoms with E-state index in [-0.39, 0.29) is 17.4 Å². The topological polar surface area (TPSA) is 96.0 Å². The van der Waals surface area contributed by atoms with Gasteiger partial charge in [0.15, 0.2) is 0 Å². The molecular formula is C32H40ClN3O5S.